The first-order valence-corrected chi connectivity index (χ1v) is 6.13. The molecular weight excluding hydrogens is 206 g/mol. The van der Waals surface area contributed by atoms with Crippen molar-refractivity contribution in [3.05, 3.63) is 0 Å². The Labute approximate surface area is 96.6 Å². The Kier molecular flexibility index (Phi) is 5.29. The maximum atomic E-state index is 11.8. The number of aliphatic carboxylic acids is 1. The largest absolute Gasteiger partial charge is 0.481 e. The topological polar surface area (TPSA) is 57.6 Å². The highest BCUT2D eigenvalue weighted by Crippen LogP contribution is 2.29. The summed E-state index contributed by atoms with van der Waals surface area (Å²) >= 11 is 0. The highest BCUT2D eigenvalue weighted by molar-refractivity contribution is 5.76. The summed E-state index contributed by atoms with van der Waals surface area (Å²) in [5.41, 5.74) is 0. The van der Waals surface area contributed by atoms with Gasteiger partial charge in [-0.05, 0) is 38.5 Å². The number of hydrogen-bond acceptors (Lipinski definition) is 2. The summed E-state index contributed by atoms with van der Waals surface area (Å²) in [6, 6.07) is 0. The van der Waals surface area contributed by atoms with Gasteiger partial charge in [-0.3, -0.25) is 9.59 Å². The van der Waals surface area contributed by atoms with Crippen LogP contribution in [-0.4, -0.2) is 35.0 Å². The maximum Gasteiger partial charge on any atom is 0.303 e. The Morgan fingerprint density at radius 1 is 1.25 bits per heavy atom. The number of carboxylic acid groups (broad SMARTS) is 1. The maximum absolute atomic E-state index is 11.8. The van der Waals surface area contributed by atoms with E-state index in [9.17, 15) is 9.59 Å². The van der Waals surface area contributed by atoms with Gasteiger partial charge in [0, 0.05) is 25.9 Å². The van der Waals surface area contributed by atoms with Crippen LogP contribution >= 0.6 is 0 Å². The smallest absolute Gasteiger partial charge is 0.303 e. The van der Waals surface area contributed by atoms with E-state index in [1.165, 1.54) is 12.8 Å². The summed E-state index contributed by atoms with van der Waals surface area (Å²) in [7, 11) is 0. The van der Waals surface area contributed by atoms with Crippen LogP contribution in [0, 0.1) is 5.92 Å². The van der Waals surface area contributed by atoms with Crippen molar-refractivity contribution in [1.29, 1.82) is 0 Å². The molecule has 0 atom stereocenters. The normalized spacial score (nSPS) is 14.8. The van der Waals surface area contributed by atoms with Crippen LogP contribution < -0.4 is 0 Å². The number of unbranched alkanes of at least 4 members (excludes halogenated alkanes) is 1. The Morgan fingerprint density at radius 2 is 1.88 bits per heavy atom. The lowest BCUT2D eigenvalue weighted by Gasteiger charge is -2.20. The van der Waals surface area contributed by atoms with Crippen molar-refractivity contribution in [2.75, 3.05) is 13.1 Å². The number of rotatable bonds is 8. The average molecular weight is 227 g/mol. The molecule has 1 aliphatic carbocycles. The van der Waals surface area contributed by atoms with E-state index in [1.54, 1.807) is 0 Å². The van der Waals surface area contributed by atoms with Crippen molar-refractivity contribution < 1.29 is 14.7 Å². The second-order valence-electron chi connectivity index (χ2n) is 4.48. The number of carbonyl (C=O) groups is 2. The highest BCUT2D eigenvalue weighted by Gasteiger charge is 2.25. The van der Waals surface area contributed by atoms with E-state index in [1.807, 2.05) is 11.8 Å². The Hall–Kier alpha value is -1.06. The second-order valence-corrected chi connectivity index (χ2v) is 4.48. The molecule has 92 valence electrons. The molecule has 16 heavy (non-hydrogen) atoms. The molecule has 0 aliphatic heterocycles. The van der Waals surface area contributed by atoms with Crippen LogP contribution in [0.3, 0.4) is 0 Å². The molecule has 0 aromatic carbocycles. The summed E-state index contributed by atoms with van der Waals surface area (Å²) < 4.78 is 0. The second kappa shape index (κ2) is 6.51. The summed E-state index contributed by atoms with van der Waals surface area (Å²) in [6.45, 7) is 3.67. The zero-order valence-corrected chi connectivity index (χ0v) is 9.95. The first-order valence-electron chi connectivity index (χ1n) is 6.13. The standard InChI is InChI=1S/C12H21NO3/c1-2-13(9-10-7-8-10)11(14)5-3-4-6-12(15)16/h10H,2-9H2,1H3,(H,15,16). The Balaban J connectivity index is 2.13. The molecule has 0 heterocycles. The van der Waals surface area contributed by atoms with Crippen molar-refractivity contribution in [3.8, 4) is 0 Å². The SMILES string of the molecule is CCN(CC1CC1)C(=O)CCCCC(=O)O. The fourth-order valence-electron chi connectivity index (χ4n) is 1.73. The van der Waals surface area contributed by atoms with Gasteiger partial charge in [-0.15, -0.1) is 0 Å². The fraction of sp³-hybridized carbons (Fsp3) is 0.833. The van der Waals surface area contributed by atoms with Gasteiger partial charge in [0.25, 0.3) is 0 Å². The van der Waals surface area contributed by atoms with E-state index in [2.05, 4.69) is 0 Å². The molecule has 0 spiro atoms. The minimum atomic E-state index is -0.780. The molecule has 0 radical (unpaired) electrons. The van der Waals surface area contributed by atoms with Crippen LogP contribution in [0.25, 0.3) is 0 Å². The van der Waals surface area contributed by atoms with Crippen LogP contribution in [0.2, 0.25) is 0 Å². The van der Waals surface area contributed by atoms with Crippen molar-refractivity contribution in [2.45, 2.75) is 45.4 Å². The monoisotopic (exact) mass is 227 g/mol. The number of carboxylic acids is 1. The Morgan fingerprint density at radius 3 is 2.38 bits per heavy atom. The van der Waals surface area contributed by atoms with E-state index in [4.69, 9.17) is 5.11 Å². The first kappa shape index (κ1) is 13.0. The van der Waals surface area contributed by atoms with E-state index in [0.29, 0.717) is 19.3 Å². The van der Waals surface area contributed by atoms with Crippen LogP contribution in [-0.2, 0) is 9.59 Å². The molecule has 4 nitrogen and oxygen atoms in total. The van der Waals surface area contributed by atoms with Gasteiger partial charge in [-0.1, -0.05) is 0 Å². The van der Waals surface area contributed by atoms with Gasteiger partial charge in [-0.25, -0.2) is 0 Å². The van der Waals surface area contributed by atoms with E-state index >= 15 is 0 Å². The number of amides is 1. The van der Waals surface area contributed by atoms with Gasteiger partial charge in [0.2, 0.25) is 5.91 Å². The number of carbonyl (C=O) groups excluding carboxylic acids is 1. The van der Waals surface area contributed by atoms with Crippen LogP contribution in [0.5, 0.6) is 0 Å². The third-order valence-corrected chi connectivity index (χ3v) is 2.94. The minimum Gasteiger partial charge on any atom is -0.481 e. The minimum absolute atomic E-state index is 0.169. The summed E-state index contributed by atoms with van der Waals surface area (Å²) in [5.74, 6) is 0.125. The summed E-state index contributed by atoms with van der Waals surface area (Å²) in [4.78, 5) is 24.0. The zero-order chi connectivity index (χ0) is 12.0. The number of nitrogens with zero attached hydrogens (tertiary/aromatic N) is 1. The predicted molar refractivity (Wildman–Crippen MR) is 61.1 cm³/mol. The molecule has 4 heteroatoms. The number of hydrogen-bond donors (Lipinski definition) is 1. The van der Waals surface area contributed by atoms with E-state index in [0.717, 1.165) is 19.0 Å². The molecule has 1 N–H and O–H groups in total. The predicted octanol–water partition coefficient (Wildman–Crippen LogP) is 1.89. The van der Waals surface area contributed by atoms with Gasteiger partial charge < -0.3 is 10.0 Å². The van der Waals surface area contributed by atoms with Gasteiger partial charge in [0.15, 0.2) is 0 Å². The van der Waals surface area contributed by atoms with E-state index in [-0.39, 0.29) is 12.3 Å². The molecule has 0 saturated heterocycles. The van der Waals surface area contributed by atoms with Gasteiger partial charge in [0.1, 0.15) is 0 Å². The zero-order valence-electron chi connectivity index (χ0n) is 9.95. The third-order valence-electron chi connectivity index (χ3n) is 2.94. The molecule has 0 bridgehead atoms. The summed E-state index contributed by atoms with van der Waals surface area (Å²) in [5, 5.41) is 8.47. The van der Waals surface area contributed by atoms with Gasteiger partial charge >= 0.3 is 5.97 Å². The van der Waals surface area contributed by atoms with Gasteiger partial charge in [-0.2, -0.15) is 0 Å². The van der Waals surface area contributed by atoms with E-state index < -0.39 is 5.97 Å². The van der Waals surface area contributed by atoms with Crippen molar-refractivity contribution in [2.24, 2.45) is 5.92 Å². The van der Waals surface area contributed by atoms with Crippen LogP contribution in [0.1, 0.15) is 45.4 Å². The molecule has 0 unspecified atom stereocenters. The lowest BCUT2D eigenvalue weighted by molar-refractivity contribution is -0.137. The lowest BCUT2D eigenvalue weighted by Crippen LogP contribution is -2.32. The van der Waals surface area contributed by atoms with Crippen LogP contribution in [0.4, 0.5) is 0 Å². The quantitative estimate of drug-likeness (QED) is 0.644. The molecule has 1 rings (SSSR count). The molecule has 1 aliphatic rings. The lowest BCUT2D eigenvalue weighted by atomic mass is 10.1. The summed E-state index contributed by atoms with van der Waals surface area (Å²) in [6.07, 6.45) is 4.45. The fourth-order valence-corrected chi connectivity index (χ4v) is 1.73. The molecule has 0 aromatic rings. The Bertz CT molecular complexity index is 249. The average Bonchev–Trinajstić information content (AvgIpc) is 3.04. The first-order chi connectivity index (χ1) is 7.63. The molecule has 0 aromatic heterocycles. The molecule has 1 fully saturated rings. The highest BCUT2D eigenvalue weighted by atomic mass is 16.4. The van der Waals surface area contributed by atoms with Crippen molar-refractivity contribution in [1.82, 2.24) is 4.90 Å². The molecular formula is C12H21NO3. The van der Waals surface area contributed by atoms with Crippen molar-refractivity contribution >= 4 is 11.9 Å². The molecule has 1 saturated carbocycles. The van der Waals surface area contributed by atoms with Crippen LogP contribution in [0.15, 0.2) is 0 Å². The van der Waals surface area contributed by atoms with Crippen molar-refractivity contribution in [3.63, 3.8) is 0 Å². The molecule has 1 amide bonds. The van der Waals surface area contributed by atoms with Gasteiger partial charge in [0.05, 0.1) is 0 Å². The third kappa shape index (κ3) is 5.14.